The van der Waals surface area contributed by atoms with E-state index < -0.39 is 0 Å². The highest BCUT2D eigenvalue weighted by molar-refractivity contribution is 5.74. The fourth-order valence-corrected chi connectivity index (χ4v) is 0.944. The van der Waals surface area contributed by atoms with Gasteiger partial charge in [-0.3, -0.25) is 0 Å². The van der Waals surface area contributed by atoms with Crippen LogP contribution in [0, 0.1) is 5.41 Å². The van der Waals surface area contributed by atoms with Crippen molar-refractivity contribution in [1.82, 2.24) is 10.6 Å². The average molecular weight is 142 g/mol. The van der Waals surface area contributed by atoms with Gasteiger partial charge in [0, 0.05) is 13.1 Å². The van der Waals surface area contributed by atoms with Crippen molar-refractivity contribution in [2.75, 3.05) is 7.05 Å². The highest BCUT2D eigenvalue weighted by atomic mass is 16.2. The first-order valence-corrected chi connectivity index (χ1v) is 3.54. The van der Waals surface area contributed by atoms with Crippen LogP contribution in [0.25, 0.3) is 0 Å². The zero-order chi connectivity index (χ0) is 7.78. The highest BCUT2D eigenvalue weighted by Gasteiger charge is 2.46. The fraction of sp³-hybridized carbons (Fsp3) is 0.857. The molecule has 0 heterocycles. The Morgan fingerprint density at radius 3 is 2.40 bits per heavy atom. The van der Waals surface area contributed by atoms with E-state index in [1.54, 1.807) is 7.05 Å². The monoisotopic (exact) mass is 142 g/mol. The van der Waals surface area contributed by atoms with Crippen molar-refractivity contribution < 1.29 is 4.79 Å². The lowest BCUT2D eigenvalue weighted by Crippen LogP contribution is -2.35. The van der Waals surface area contributed by atoms with Gasteiger partial charge in [0.25, 0.3) is 0 Å². The largest absolute Gasteiger partial charge is 0.341 e. The van der Waals surface area contributed by atoms with Crippen LogP contribution in [0.5, 0.6) is 0 Å². The molecule has 0 saturated heterocycles. The number of hydrogen-bond acceptors (Lipinski definition) is 1. The van der Waals surface area contributed by atoms with Crippen LogP contribution < -0.4 is 10.6 Å². The predicted molar refractivity (Wildman–Crippen MR) is 39.8 cm³/mol. The molecule has 10 heavy (non-hydrogen) atoms. The summed E-state index contributed by atoms with van der Waals surface area (Å²) in [7, 11) is 1.63. The molecule has 58 valence electrons. The van der Waals surface area contributed by atoms with Gasteiger partial charge in [0.05, 0.1) is 0 Å². The van der Waals surface area contributed by atoms with E-state index in [0.29, 0.717) is 11.5 Å². The summed E-state index contributed by atoms with van der Waals surface area (Å²) in [6, 6.07) is 0.308. The van der Waals surface area contributed by atoms with Crippen LogP contribution in [0.3, 0.4) is 0 Å². The Hall–Kier alpha value is -0.730. The first-order chi connectivity index (χ1) is 4.56. The molecule has 0 aromatic rings. The Balaban J connectivity index is 2.24. The molecule has 0 aliphatic heterocycles. The second kappa shape index (κ2) is 2.15. The van der Waals surface area contributed by atoms with Gasteiger partial charge < -0.3 is 10.6 Å². The topological polar surface area (TPSA) is 41.1 Å². The van der Waals surface area contributed by atoms with E-state index in [2.05, 4.69) is 24.5 Å². The number of rotatable bonds is 1. The maximum Gasteiger partial charge on any atom is 0.314 e. The number of carbonyl (C=O) groups excluding carboxylic acids is 1. The molecule has 0 aromatic carbocycles. The molecule has 1 saturated carbocycles. The summed E-state index contributed by atoms with van der Waals surface area (Å²) in [5.74, 6) is 0. The Morgan fingerprint density at radius 1 is 1.60 bits per heavy atom. The average Bonchev–Trinajstić information content (AvgIpc) is 2.40. The van der Waals surface area contributed by atoms with Gasteiger partial charge in [-0.25, -0.2) is 4.79 Å². The van der Waals surface area contributed by atoms with Gasteiger partial charge in [-0.1, -0.05) is 13.8 Å². The molecule has 1 atom stereocenters. The Labute approximate surface area is 61.2 Å². The quantitative estimate of drug-likeness (QED) is 0.556. The van der Waals surface area contributed by atoms with Crippen LogP contribution in [-0.2, 0) is 0 Å². The molecule has 1 aliphatic carbocycles. The Bertz CT molecular complexity index is 154. The van der Waals surface area contributed by atoms with Crippen LogP contribution in [-0.4, -0.2) is 19.1 Å². The summed E-state index contributed by atoms with van der Waals surface area (Å²) in [6.07, 6.45) is 1.10. The predicted octanol–water partition coefficient (Wildman–Crippen LogP) is 0.714. The van der Waals surface area contributed by atoms with Gasteiger partial charge in [-0.2, -0.15) is 0 Å². The maximum atomic E-state index is 10.7. The lowest BCUT2D eigenvalue weighted by Gasteiger charge is -2.04. The first kappa shape index (κ1) is 7.38. The molecule has 0 spiro atoms. The minimum absolute atomic E-state index is 0.0735. The van der Waals surface area contributed by atoms with Crippen molar-refractivity contribution in [3.8, 4) is 0 Å². The third kappa shape index (κ3) is 1.40. The van der Waals surface area contributed by atoms with Crippen LogP contribution in [0.2, 0.25) is 0 Å². The van der Waals surface area contributed by atoms with Crippen molar-refractivity contribution in [2.45, 2.75) is 26.3 Å². The molecule has 3 nitrogen and oxygen atoms in total. The summed E-state index contributed by atoms with van der Waals surface area (Å²) >= 11 is 0. The summed E-state index contributed by atoms with van der Waals surface area (Å²) in [5.41, 5.74) is 0.326. The standard InChI is InChI=1S/C7H14N2O/c1-7(2)4-5(7)9-6(10)8-3/h5H,4H2,1-3H3,(H2,8,9,10). The van der Waals surface area contributed by atoms with Gasteiger partial charge in [-0.05, 0) is 11.8 Å². The number of amides is 2. The van der Waals surface area contributed by atoms with Crippen LogP contribution in [0.4, 0.5) is 4.79 Å². The normalized spacial score (nSPS) is 27.3. The molecular weight excluding hydrogens is 128 g/mol. The number of hydrogen-bond donors (Lipinski definition) is 2. The van der Waals surface area contributed by atoms with Crippen molar-refractivity contribution >= 4 is 6.03 Å². The maximum absolute atomic E-state index is 10.7. The van der Waals surface area contributed by atoms with Gasteiger partial charge in [0.1, 0.15) is 0 Å². The molecule has 0 bridgehead atoms. The lowest BCUT2D eigenvalue weighted by molar-refractivity contribution is 0.241. The van der Waals surface area contributed by atoms with Crippen LogP contribution in [0.15, 0.2) is 0 Å². The van der Waals surface area contributed by atoms with Crippen LogP contribution >= 0.6 is 0 Å². The lowest BCUT2D eigenvalue weighted by atomic mass is 10.2. The van der Waals surface area contributed by atoms with E-state index in [-0.39, 0.29) is 6.03 Å². The molecule has 1 rings (SSSR count). The molecule has 1 aliphatic rings. The Kier molecular flexibility index (Phi) is 1.58. The van der Waals surface area contributed by atoms with E-state index in [1.807, 2.05) is 0 Å². The van der Waals surface area contributed by atoms with Crippen molar-refractivity contribution in [3.05, 3.63) is 0 Å². The molecule has 2 N–H and O–H groups in total. The highest BCUT2D eigenvalue weighted by Crippen LogP contribution is 2.44. The van der Waals surface area contributed by atoms with Crippen LogP contribution in [0.1, 0.15) is 20.3 Å². The van der Waals surface area contributed by atoms with E-state index in [1.165, 1.54) is 0 Å². The Morgan fingerprint density at radius 2 is 2.10 bits per heavy atom. The van der Waals surface area contributed by atoms with E-state index in [0.717, 1.165) is 6.42 Å². The number of nitrogens with one attached hydrogen (secondary N) is 2. The summed E-state index contributed by atoms with van der Waals surface area (Å²) in [5, 5.41) is 5.37. The SMILES string of the molecule is CNC(=O)NC1CC1(C)C. The minimum Gasteiger partial charge on any atom is -0.341 e. The fourth-order valence-electron chi connectivity index (χ4n) is 0.944. The molecule has 1 fully saturated rings. The minimum atomic E-state index is -0.0735. The third-order valence-electron chi connectivity index (χ3n) is 2.05. The summed E-state index contributed by atoms with van der Waals surface area (Å²) in [4.78, 5) is 10.7. The second-order valence-corrected chi connectivity index (χ2v) is 3.47. The summed E-state index contributed by atoms with van der Waals surface area (Å²) in [6.45, 7) is 4.29. The zero-order valence-electron chi connectivity index (χ0n) is 6.69. The second-order valence-electron chi connectivity index (χ2n) is 3.47. The van der Waals surface area contributed by atoms with E-state index in [4.69, 9.17) is 0 Å². The van der Waals surface area contributed by atoms with E-state index in [9.17, 15) is 4.79 Å². The number of carbonyl (C=O) groups is 1. The first-order valence-electron chi connectivity index (χ1n) is 3.54. The van der Waals surface area contributed by atoms with Crippen molar-refractivity contribution in [2.24, 2.45) is 5.41 Å². The molecule has 0 radical (unpaired) electrons. The molecule has 3 heteroatoms. The van der Waals surface area contributed by atoms with Crippen molar-refractivity contribution in [3.63, 3.8) is 0 Å². The molecule has 1 unspecified atom stereocenters. The smallest absolute Gasteiger partial charge is 0.314 e. The third-order valence-corrected chi connectivity index (χ3v) is 2.05. The summed E-state index contributed by atoms with van der Waals surface area (Å²) < 4.78 is 0. The van der Waals surface area contributed by atoms with E-state index >= 15 is 0 Å². The molecule has 0 aromatic heterocycles. The molecule has 2 amide bonds. The van der Waals surface area contributed by atoms with Gasteiger partial charge >= 0.3 is 6.03 Å². The van der Waals surface area contributed by atoms with Crippen molar-refractivity contribution in [1.29, 1.82) is 0 Å². The van der Waals surface area contributed by atoms with Gasteiger partial charge in [-0.15, -0.1) is 0 Å². The van der Waals surface area contributed by atoms with Gasteiger partial charge in [0.2, 0.25) is 0 Å². The number of urea groups is 1. The zero-order valence-corrected chi connectivity index (χ0v) is 6.69. The molecular formula is C7H14N2O. The van der Waals surface area contributed by atoms with Gasteiger partial charge in [0.15, 0.2) is 0 Å².